The third-order valence-corrected chi connectivity index (χ3v) is 7.28. The van der Waals surface area contributed by atoms with Crippen molar-refractivity contribution in [2.24, 2.45) is 0 Å². The van der Waals surface area contributed by atoms with Crippen LogP contribution in [0.2, 0.25) is 0 Å². The Morgan fingerprint density at radius 3 is 2.67 bits per heavy atom. The molecular formula is C18H27NOS. The summed E-state index contributed by atoms with van der Waals surface area (Å²) in [5, 5.41) is 4.38. The fourth-order valence-corrected chi connectivity index (χ4v) is 6.21. The third kappa shape index (κ3) is 3.24. The van der Waals surface area contributed by atoms with Crippen LogP contribution in [0.15, 0.2) is 24.3 Å². The number of benzene rings is 1. The van der Waals surface area contributed by atoms with Crippen LogP contribution in [0, 0.1) is 0 Å². The second-order valence-corrected chi connectivity index (χ2v) is 8.33. The fraction of sp³-hybridized carbons (Fsp3) is 0.667. The van der Waals surface area contributed by atoms with Gasteiger partial charge in [-0.1, -0.05) is 44.0 Å². The van der Waals surface area contributed by atoms with Gasteiger partial charge in [0.15, 0.2) is 0 Å². The number of hydrogen-bond acceptors (Lipinski definition) is 2. The van der Waals surface area contributed by atoms with Gasteiger partial charge >= 0.3 is 0 Å². The Bertz CT molecular complexity index is 496. The molecule has 3 unspecified atom stereocenters. The minimum absolute atomic E-state index is 0.273. The SMILES string of the molecule is CCNC1c2ccccc2CCCC1S(=O)C1CCCC1. The van der Waals surface area contributed by atoms with E-state index in [1.54, 1.807) is 0 Å². The highest BCUT2D eigenvalue weighted by atomic mass is 32.2. The lowest BCUT2D eigenvalue weighted by atomic mass is 9.99. The summed E-state index contributed by atoms with van der Waals surface area (Å²) in [6.07, 6.45) is 8.28. The Kier molecular flexibility index (Phi) is 5.12. The third-order valence-electron chi connectivity index (χ3n) is 5.05. The molecule has 1 aromatic carbocycles. The highest BCUT2D eigenvalue weighted by Crippen LogP contribution is 2.35. The van der Waals surface area contributed by atoms with Gasteiger partial charge in [0.2, 0.25) is 0 Å². The van der Waals surface area contributed by atoms with Crippen molar-refractivity contribution in [1.29, 1.82) is 0 Å². The van der Waals surface area contributed by atoms with E-state index in [4.69, 9.17) is 0 Å². The summed E-state index contributed by atoms with van der Waals surface area (Å²) < 4.78 is 13.1. The Labute approximate surface area is 131 Å². The van der Waals surface area contributed by atoms with Crippen molar-refractivity contribution in [3.63, 3.8) is 0 Å². The first kappa shape index (κ1) is 15.2. The first-order chi connectivity index (χ1) is 10.3. The van der Waals surface area contributed by atoms with Crippen LogP contribution in [-0.4, -0.2) is 21.3 Å². The van der Waals surface area contributed by atoms with E-state index in [2.05, 4.69) is 36.5 Å². The summed E-state index contributed by atoms with van der Waals surface area (Å²) in [5.41, 5.74) is 2.85. The maximum atomic E-state index is 13.1. The van der Waals surface area contributed by atoms with Crippen LogP contribution in [0.1, 0.15) is 62.6 Å². The van der Waals surface area contributed by atoms with Crippen molar-refractivity contribution in [3.8, 4) is 0 Å². The number of aryl methyl sites for hydroxylation is 1. The van der Waals surface area contributed by atoms with Crippen molar-refractivity contribution in [1.82, 2.24) is 5.32 Å². The smallest absolute Gasteiger partial charge is 0.0545 e. The van der Waals surface area contributed by atoms with Crippen molar-refractivity contribution >= 4 is 10.8 Å². The fourth-order valence-electron chi connectivity index (χ4n) is 4.01. The molecule has 2 aliphatic carbocycles. The number of fused-ring (bicyclic) bond motifs is 1. The number of rotatable bonds is 4. The summed E-state index contributed by atoms with van der Waals surface area (Å²) >= 11 is 0. The van der Waals surface area contributed by atoms with Gasteiger partial charge in [-0.25, -0.2) is 0 Å². The van der Waals surface area contributed by atoms with Crippen LogP contribution >= 0.6 is 0 Å². The molecule has 1 saturated carbocycles. The molecule has 3 atom stereocenters. The van der Waals surface area contributed by atoms with E-state index < -0.39 is 10.8 Å². The van der Waals surface area contributed by atoms with Gasteiger partial charge in [0.05, 0.1) is 5.25 Å². The lowest BCUT2D eigenvalue weighted by Crippen LogP contribution is -2.37. The van der Waals surface area contributed by atoms with Crippen LogP contribution < -0.4 is 5.32 Å². The molecule has 0 spiro atoms. The van der Waals surface area contributed by atoms with Crippen LogP contribution in [0.3, 0.4) is 0 Å². The summed E-state index contributed by atoms with van der Waals surface area (Å²) in [4.78, 5) is 0. The maximum absolute atomic E-state index is 13.1. The van der Waals surface area contributed by atoms with Crippen LogP contribution in [0.5, 0.6) is 0 Å². The van der Waals surface area contributed by atoms with E-state index >= 15 is 0 Å². The molecule has 0 radical (unpaired) electrons. The van der Waals surface area contributed by atoms with E-state index in [1.807, 2.05) is 0 Å². The zero-order chi connectivity index (χ0) is 14.7. The molecule has 3 heteroatoms. The van der Waals surface area contributed by atoms with Crippen molar-refractivity contribution < 1.29 is 4.21 Å². The van der Waals surface area contributed by atoms with Crippen molar-refractivity contribution in [3.05, 3.63) is 35.4 Å². The molecule has 2 aliphatic rings. The normalized spacial score (nSPS) is 28.0. The maximum Gasteiger partial charge on any atom is 0.0545 e. The predicted molar refractivity (Wildman–Crippen MR) is 90.0 cm³/mol. The molecule has 3 rings (SSSR count). The second kappa shape index (κ2) is 7.06. The molecule has 0 aromatic heterocycles. The zero-order valence-electron chi connectivity index (χ0n) is 13.0. The van der Waals surface area contributed by atoms with E-state index in [0.29, 0.717) is 5.25 Å². The van der Waals surface area contributed by atoms with Gasteiger partial charge in [0, 0.05) is 22.1 Å². The predicted octanol–water partition coefficient (Wildman–Crippen LogP) is 3.73. The quantitative estimate of drug-likeness (QED) is 0.859. The van der Waals surface area contributed by atoms with Gasteiger partial charge in [0.1, 0.15) is 0 Å². The first-order valence-corrected chi connectivity index (χ1v) is 9.79. The summed E-state index contributed by atoms with van der Waals surface area (Å²) in [6, 6.07) is 9.03. The summed E-state index contributed by atoms with van der Waals surface area (Å²) in [7, 11) is -0.694. The largest absolute Gasteiger partial charge is 0.309 e. The van der Waals surface area contributed by atoms with Gasteiger partial charge in [-0.2, -0.15) is 0 Å². The average molecular weight is 305 g/mol. The zero-order valence-corrected chi connectivity index (χ0v) is 13.8. The minimum Gasteiger partial charge on any atom is -0.309 e. The van der Waals surface area contributed by atoms with E-state index in [-0.39, 0.29) is 11.3 Å². The minimum atomic E-state index is -0.694. The molecular weight excluding hydrogens is 278 g/mol. The Hall–Kier alpha value is -0.670. The van der Waals surface area contributed by atoms with E-state index in [9.17, 15) is 4.21 Å². The molecule has 1 aromatic rings. The molecule has 0 aliphatic heterocycles. The molecule has 0 amide bonds. The highest BCUT2D eigenvalue weighted by Gasteiger charge is 2.35. The molecule has 21 heavy (non-hydrogen) atoms. The first-order valence-electron chi connectivity index (χ1n) is 8.52. The lowest BCUT2D eigenvalue weighted by molar-refractivity contribution is 0.501. The summed E-state index contributed by atoms with van der Waals surface area (Å²) in [6.45, 7) is 3.10. The van der Waals surface area contributed by atoms with E-state index in [1.165, 1.54) is 43.2 Å². The van der Waals surface area contributed by atoms with Gasteiger partial charge in [-0.05, 0) is 49.8 Å². The molecule has 0 bridgehead atoms. The van der Waals surface area contributed by atoms with Gasteiger partial charge in [-0.15, -0.1) is 0 Å². The van der Waals surface area contributed by atoms with Gasteiger partial charge in [-0.3, -0.25) is 4.21 Å². The highest BCUT2D eigenvalue weighted by molar-refractivity contribution is 7.86. The Balaban J connectivity index is 1.89. The van der Waals surface area contributed by atoms with Gasteiger partial charge in [0.25, 0.3) is 0 Å². The van der Waals surface area contributed by atoms with Crippen molar-refractivity contribution in [2.75, 3.05) is 6.54 Å². The average Bonchev–Trinajstić information content (AvgIpc) is 2.98. The molecule has 1 N–H and O–H groups in total. The van der Waals surface area contributed by atoms with Crippen LogP contribution in [0.25, 0.3) is 0 Å². The molecule has 116 valence electrons. The number of hydrogen-bond donors (Lipinski definition) is 1. The number of nitrogens with one attached hydrogen (secondary N) is 1. The lowest BCUT2D eigenvalue weighted by Gasteiger charge is -2.29. The molecule has 2 nitrogen and oxygen atoms in total. The summed E-state index contributed by atoms with van der Waals surface area (Å²) in [5.74, 6) is 0. The second-order valence-electron chi connectivity index (χ2n) is 6.40. The monoisotopic (exact) mass is 305 g/mol. The molecule has 0 heterocycles. The topological polar surface area (TPSA) is 29.1 Å². The molecule has 0 saturated heterocycles. The molecule has 1 fully saturated rings. The van der Waals surface area contributed by atoms with Crippen LogP contribution in [-0.2, 0) is 17.2 Å². The standard InChI is InChI=1S/C18H27NOS/c1-2-19-18-16-12-6-3-8-14(16)9-7-13-17(18)21(20)15-10-4-5-11-15/h3,6,8,12,15,17-19H,2,4-5,7,9-11,13H2,1H3. The van der Waals surface area contributed by atoms with Crippen LogP contribution in [0.4, 0.5) is 0 Å². The Morgan fingerprint density at radius 2 is 1.90 bits per heavy atom. The van der Waals surface area contributed by atoms with E-state index in [0.717, 1.165) is 19.4 Å². The van der Waals surface area contributed by atoms with Gasteiger partial charge < -0.3 is 5.32 Å². The Morgan fingerprint density at radius 1 is 1.14 bits per heavy atom. The van der Waals surface area contributed by atoms with Crippen molar-refractivity contribution in [2.45, 2.75) is 68.4 Å².